The Kier molecular flexibility index (Phi) is 7.31. The van der Waals surface area contributed by atoms with E-state index in [9.17, 15) is 4.79 Å². The molecule has 1 aromatic carbocycles. The van der Waals surface area contributed by atoms with Gasteiger partial charge in [-0.25, -0.2) is 4.98 Å². The maximum atomic E-state index is 12.8. The summed E-state index contributed by atoms with van der Waals surface area (Å²) in [5.74, 6) is 1.72. The second kappa shape index (κ2) is 10.7. The fraction of sp³-hybridized carbons (Fsp3) is 0.250. The van der Waals surface area contributed by atoms with Crippen molar-refractivity contribution in [2.45, 2.75) is 33.4 Å². The molecule has 9 heteroatoms. The van der Waals surface area contributed by atoms with Crippen molar-refractivity contribution in [2.75, 3.05) is 6.54 Å². The van der Waals surface area contributed by atoms with Crippen LogP contribution < -0.4 is 4.74 Å². The molecule has 0 N–H and O–H groups in total. The van der Waals surface area contributed by atoms with Crippen LogP contribution in [0, 0.1) is 6.92 Å². The number of furan rings is 1. The van der Waals surface area contributed by atoms with Crippen LogP contribution in [0.2, 0.25) is 0 Å². The van der Waals surface area contributed by atoms with Gasteiger partial charge in [0, 0.05) is 18.0 Å². The third kappa shape index (κ3) is 6.17. The van der Waals surface area contributed by atoms with E-state index in [0.717, 1.165) is 28.4 Å². The van der Waals surface area contributed by atoms with Crippen LogP contribution in [0.4, 0.5) is 0 Å². The summed E-state index contributed by atoms with van der Waals surface area (Å²) in [6, 6.07) is 11.1. The highest BCUT2D eigenvalue weighted by Crippen LogP contribution is 2.20. The number of carbonyl (C=O) groups excluding carboxylic acids is 1. The van der Waals surface area contributed by atoms with Crippen LogP contribution in [-0.2, 0) is 17.9 Å². The van der Waals surface area contributed by atoms with Gasteiger partial charge in [-0.3, -0.25) is 4.79 Å². The van der Waals surface area contributed by atoms with Gasteiger partial charge in [0.25, 0.3) is 5.89 Å². The summed E-state index contributed by atoms with van der Waals surface area (Å²) in [7, 11) is 0. The molecule has 170 valence electrons. The van der Waals surface area contributed by atoms with Gasteiger partial charge in [0.1, 0.15) is 12.4 Å². The second-order valence-electron chi connectivity index (χ2n) is 7.29. The third-order valence-corrected chi connectivity index (χ3v) is 5.48. The van der Waals surface area contributed by atoms with Gasteiger partial charge in [0.2, 0.25) is 11.8 Å². The molecule has 0 fully saturated rings. The Hall–Kier alpha value is -3.72. The molecule has 33 heavy (non-hydrogen) atoms. The number of hydrogen-bond donors (Lipinski definition) is 0. The van der Waals surface area contributed by atoms with Crippen molar-refractivity contribution in [1.29, 1.82) is 0 Å². The van der Waals surface area contributed by atoms with Crippen molar-refractivity contribution in [3.05, 3.63) is 76.3 Å². The fourth-order valence-electron chi connectivity index (χ4n) is 3.13. The minimum absolute atomic E-state index is 0.140. The SMILES string of the molecule is CCCN(Cc1nnc(-c2ccco2)o1)C(=O)/C=C/c1cccc(OCc2csc(C)n2)c1. The topological polar surface area (TPSA) is 94.5 Å². The zero-order chi connectivity index (χ0) is 23.0. The van der Waals surface area contributed by atoms with Crippen molar-refractivity contribution < 1.29 is 18.4 Å². The molecule has 0 spiro atoms. The number of rotatable bonds is 10. The molecule has 0 bridgehead atoms. The van der Waals surface area contributed by atoms with E-state index in [1.54, 1.807) is 40.5 Å². The van der Waals surface area contributed by atoms with Crippen molar-refractivity contribution in [1.82, 2.24) is 20.1 Å². The summed E-state index contributed by atoms with van der Waals surface area (Å²) in [6.07, 6.45) is 5.66. The molecule has 0 aliphatic carbocycles. The van der Waals surface area contributed by atoms with Crippen LogP contribution in [0.5, 0.6) is 5.75 Å². The van der Waals surface area contributed by atoms with Crippen LogP contribution in [0.15, 0.2) is 63.0 Å². The zero-order valence-corrected chi connectivity index (χ0v) is 19.2. The number of benzene rings is 1. The first-order valence-electron chi connectivity index (χ1n) is 10.6. The Labute approximate surface area is 195 Å². The number of aryl methyl sites for hydroxylation is 1. The van der Waals surface area contributed by atoms with Gasteiger partial charge in [0.15, 0.2) is 5.76 Å². The minimum atomic E-state index is -0.140. The second-order valence-corrected chi connectivity index (χ2v) is 8.35. The maximum Gasteiger partial charge on any atom is 0.283 e. The average Bonchev–Trinajstić information content (AvgIpc) is 3.58. The Morgan fingerprint density at radius 2 is 2.15 bits per heavy atom. The van der Waals surface area contributed by atoms with E-state index < -0.39 is 0 Å². The average molecular weight is 465 g/mol. The standard InChI is InChI=1S/C24H24N4O4S/c1-3-11-28(14-22-26-27-24(32-22)21-8-5-12-30-21)23(29)10-9-18-6-4-7-20(13-18)31-15-19-16-33-17(2)25-19/h4-10,12-13,16H,3,11,14-15H2,1-2H3/b10-9+. The highest BCUT2D eigenvalue weighted by atomic mass is 32.1. The molecule has 0 aliphatic rings. The van der Waals surface area contributed by atoms with Crippen molar-refractivity contribution in [2.24, 2.45) is 0 Å². The Morgan fingerprint density at radius 3 is 2.91 bits per heavy atom. The van der Waals surface area contributed by atoms with Crippen LogP contribution in [0.25, 0.3) is 17.7 Å². The van der Waals surface area contributed by atoms with Gasteiger partial charge in [-0.05, 0) is 49.2 Å². The molecule has 3 heterocycles. The molecule has 0 atom stereocenters. The lowest BCUT2D eigenvalue weighted by Gasteiger charge is -2.18. The van der Waals surface area contributed by atoms with Crippen molar-refractivity contribution in [3.8, 4) is 17.4 Å². The van der Waals surface area contributed by atoms with Gasteiger partial charge in [0.05, 0.1) is 23.5 Å². The van der Waals surface area contributed by atoms with Gasteiger partial charge < -0.3 is 18.5 Å². The molecule has 4 aromatic rings. The highest BCUT2D eigenvalue weighted by molar-refractivity contribution is 7.09. The molecular formula is C24H24N4O4S. The summed E-state index contributed by atoms with van der Waals surface area (Å²) in [5.41, 5.74) is 1.77. The molecule has 0 radical (unpaired) electrons. The maximum absolute atomic E-state index is 12.8. The van der Waals surface area contributed by atoms with E-state index in [-0.39, 0.29) is 12.5 Å². The van der Waals surface area contributed by atoms with Crippen LogP contribution >= 0.6 is 11.3 Å². The van der Waals surface area contributed by atoms with Crippen LogP contribution in [0.1, 0.15) is 35.5 Å². The minimum Gasteiger partial charge on any atom is -0.487 e. The van der Waals surface area contributed by atoms with Gasteiger partial charge >= 0.3 is 0 Å². The van der Waals surface area contributed by atoms with Crippen LogP contribution in [-0.4, -0.2) is 32.5 Å². The fourth-order valence-corrected chi connectivity index (χ4v) is 3.73. The van der Waals surface area contributed by atoms with Crippen molar-refractivity contribution >= 4 is 23.3 Å². The lowest BCUT2D eigenvalue weighted by Crippen LogP contribution is -2.29. The smallest absolute Gasteiger partial charge is 0.283 e. The Bertz CT molecular complexity index is 1210. The number of amides is 1. The molecule has 3 aromatic heterocycles. The number of hydrogen-bond acceptors (Lipinski definition) is 8. The number of carbonyl (C=O) groups is 1. The van der Waals surface area contributed by atoms with E-state index in [1.165, 1.54) is 6.26 Å². The van der Waals surface area contributed by atoms with Gasteiger partial charge in [-0.15, -0.1) is 21.5 Å². The number of ether oxygens (including phenoxy) is 1. The van der Waals surface area contributed by atoms with Crippen molar-refractivity contribution in [3.63, 3.8) is 0 Å². The quantitative estimate of drug-likeness (QED) is 0.300. The molecule has 8 nitrogen and oxygen atoms in total. The van der Waals surface area contributed by atoms with Crippen LogP contribution in [0.3, 0.4) is 0 Å². The van der Waals surface area contributed by atoms with E-state index in [4.69, 9.17) is 13.6 Å². The molecule has 0 aliphatic heterocycles. The molecule has 1 amide bonds. The van der Waals surface area contributed by atoms with E-state index >= 15 is 0 Å². The number of nitrogens with zero attached hydrogens (tertiary/aromatic N) is 4. The molecule has 4 rings (SSSR count). The first-order chi connectivity index (χ1) is 16.1. The van der Waals surface area contributed by atoms with Gasteiger partial charge in [-0.1, -0.05) is 19.1 Å². The summed E-state index contributed by atoms with van der Waals surface area (Å²) in [6.45, 7) is 5.18. The summed E-state index contributed by atoms with van der Waals surface area (Å²) in [4.78, 5) is 18.9. The lowest BCUT2D eigenvalue weighted by atomic mass is 10.2. The molecule has 0 saturated carbocycles. The highest BCUT2D eigenvalue weighted by Gasteiger charge is 2.16. The van der Waals surface area contributed by atoms with E-state index in [0.29, 0.717) is 30.7 Å². The largest absolute Gasteiger partial charge is 0.487 e. The first-order valence-corrected chi connectivity index (χ1v) is 11.5. The predicted molar refractivity (Wildman–Crippen MR) is 124 cm³/mol. The normalized spacial score (nSPS) is 11.2. The molecular weight excluding hydrogens is 440 g/mol. The number of thiazole rings is 1. The van der Waals surface area contributed by atoms with E-state index in [1.807, 2.05) is 43.5 Å². The third-order valence-electron chi connectivity index (χ3n) is 4.66. The zero-order valence-electron chi connectivity index (χ0n) is 18.4. The predicted octanol–water partition coefficient (Wildman–Crippen LogP) is 5.13. The Morgan fingerprint density at radius 1 is 1.24 bits per heavy atom. The van der Waals surface area contributed by atoms with Gasteiger partial charge in [-0.2, -0.15) is 0 Å². The summed E-state index contributed by atoms with van der Waals surface area (Å²) < 4.78 is 16.7. The first kappa shape index (κ1) is 22.5. The lowest BCUT2D eigenvalue weighted by molar-refractivity contribution is -0.126. The monoisotopic (exact) mass is 464 g/mol. The van der Waals surface area contributed by atoms with E-state index in [2.05, 4.69) is 15.2 Å². The summed E-state index contributed by atoms with van der Waals surface area (Å²) in [5, 5.41) is 11.0. The number of aromatic nitrogens is 3. The Balaban J connectivity index is 1.38. The molecule has 0 unspecified atom stereocenters. The summed E-state index contributed by atoms with van der Waals surface area (Å²) >= 11 is 1.60. The molecule has 0 saturated heterocycles.